The van der Waals surface area contributed by atoms with Gasteiger partial charge in [-0.05, 0) is 36.8 Å². The minimum atomic E-state index is -3.73. The van der Waals surface area contributed by atoms with Gasteiger partial charge in [0.05, 0.1) is 13.3 Å². The Morgan fingerprint density at radius 2 is 2.29 bits per heavy atom. The summed E-state index contributed by atoms with van der Waals surface area (Å²) >= 11 is 1.08. The Labute approximate surface area is 144 Å². The van der Waals surface area contributed by atoms with Crippen LogP contribution in [0.2, 0.25) is 0 Å². The highest BCUT2D eigenvalue weighted by Gasteiger charge is 2.35. The number of carbonyl (C=O) groups is 1. The molecule has 0 aliphatic carbocycles. The van der Waals surface area contributed by atoms with Gasteiger partial charge in [-0.3, -0.25) is 5.10 Å². The summed E-state index contributed by atoms with van der Waals surface area (Å²) in [5.74, 6) is -0.544. The lowest BCUT2D eigenvalue weighted by molar-refractivity contribution is 0.0602. The van der Waals surface area contributed by atoms with Crippen LogP contribution in [0, 0.1) is 6.92 Å². The Kier molecular flexibility index (Phi) is 4.75. The number of nitrogens with one attached hydrogen (secondary N) is 1. The quantitative estimate of drug-likeness (QED) is 0.834. The number of esters is 1. The second kappa shape index (κ2) is 6.66. The molecule has 1 aliphatic heterocycles. The molecule has 7 nitrogen and oxygen atoms in total. The molecule has 24 heavy (non-hydrogen) atoms. The molecule has 130 valence electrons. The topological polar surface area (TPSA) is 92.4 Å². The van der Waals surface area contributed by atoms with E-state index >= 15 is 0 Å². The fourth-order valence-corrected chi connectivity index (χ4v) is 5.88. The molecule has 0 unspecified atom stereocenters. The third-order valence-electron chi connectivity index (χ3n) is 4.28. The standard InChI is InChI=1S/C15H19N3O4S2/c1-10-8-16-17-13(10)11-4-3-6-18(9-11)24(20,21)12-5-7-23-14(12)15(19)22-2/h5,7-8,11H,3-4,6,9H2,1-2H3,(H,16,17)/t11-/m0/s1. The number of hydrogen-bond donors (Lipinski definition) is 1. The summed E-state index contributed by atoms with van der Waals surface area (Å²) in [6.07, 6.45) is 3.42. The Bertz CT molecular complexity index is 841. The number of methoxy groups -OCH3 is 1. The predicted octanol–water partition coefficient (Wildman–Crippen LogP) is 2.13. The molecule has 9 heteroatoms. The third-order valence-corrected chi connectivity index (χ3v) is 7.21. The largest absolute Gasteiger partial charge is 0.465 e. The molecular weight excluding hydrogens is 350 g/mol. The van der Waals surface area contributed by atoms with Gasteiger partial charge >= 0.3 is 5.97 Å². The molecule has 2 aromatic rings. The van der Waals surface area contributed by atoms with Crippen LogP contribution >= 0.6 is 11.3 Å². The second-order valence-electron chi connectivity index (χ2n) is 5.77. The number of sulfonamides is 1. The van der Waals surface area contributed by atoms with Crippen LogP contribution < -0.4 is 0 Å². The smallest absolute Gasteiger partial charge is 0.349 e. The zero-order chi connectivity index (χ0) is 17.3. The molecule has 1 aliphatic rings. The second-order valence-corrected chi connectivity index (χ2v) is 8.60. The number of ether oxygens (including phenoxy) is 1. The number of aryl methyl sites for hydroxylation is 1. The number of nitrogens with zero attached hydrogens (tertiary/aromatic N) is 2. The highest BCUT2D eigenvalue weighted by molar-refractivity contribution is 7.89. The Morgan fingerprint density at radius 1 is 1.50 bits per heavy atom. The lowest BCUT2D eigenvalue weighted by Gasteiger charge is -2.31. The molecule has 2 aromatic heterocycles. The van der Waals surface area contributed by atoms with Gasteiger partial charge in [-0.2, -0.15) is 9.40 Å². The van der Waals surface area contributed by atoms with E-state index in [0.717, 1.165) is 35.4 Å². The first-order chi connectivity index (χ1) is 11.4. The normalized spacial score (nSPS) is 19.3. The summed E-state index contributed by atoms with van der Waals surface area (Å²) in [7, 11) is -2.49. The highest BCUT2D eigenvalue weighted by atomic mass is 32.2. The summed E-state index contributed by atoms with van der Waals surface area (Å²) in [6, 6.07) is 1.47. The van der Waals surface area contributed by atoms with Crippen LogP contribution in [-0.2, 0) is 14.8 Å². The van der Waals surface area contributed by atoms with Crippen LogP contribution in [-0.4, -0.2) is 49.1 Å². The van der Waals surface area contributed by atoms with E-state index in [1.165, 1.54) is 17.5 Å². The van der Waals surface area contributed by atoms with Crippen LogP contribution in [0.3, 0.4) is 0 Å². The molecule has 0 amide bonds. The van der Waals surface area contributed by atoms with Gasteiger partial charge < -0.3 is 4.74 Å². The van der Waals surface area contributed by atoms with Gasteiger partial charge in [0, 0.05) is 24.7 Å². The van der Waals surface area contributed by atoms with Crippen molar-refractivity contribution in [1.29, 1.82) is 0 Å². The van der Waals surface area contributed by atoms with Crippen molar-refractivity contribution in [1.82, 2.24) is 14.5 Å². The minimum absolute atomic E-state index is 0.0290. The fraction of sp³-hybridized carbons (Fsp3) is 0.467. The van der Waals surface area contributed by atoms with Crippen molar-refractivity contribution in [3.05, 3.63) is 33.8 Å². The van der Waals surface area contributed by atoms with E-state index in [9.17, 15) is 13.2 Å². The van der Waals surface area contributed by atoms with Crippen LogP contribution in [0.5, 0.6) is 0 Å². The molecule has 3 heterocycles. The molecule has 1 saturated heterocycles. The van der Waals surface area contributed by atoms with E-state index in [-0.39, 0.29) is 15.7 Å². The van der Waals surface area contributed by atoms with Gasteiger partial charge in [-0.15, -0.1) is 11.3 Å². The molecular formula is C15H19N3O4S2. The highest BCUT2D eigenvalue weighted by Crippen LogP contribution is 2.33. The van der Waals surface area contributed by atoms with Crippen molar-refractivity contribution in [2.45, 2.75) is 30.6 Å². The number of thiophene rings is 1. The summed E-state index contributed by atoms with van der Waals surface area (Å²) in [4.78, 5) is 12.0. The van der Waals surface area contributed by atoms with Crippen LogP contribution in [0.1, 0.15) is 39.7 Å². The fourth-order valence-electron chi connectivity index (χ4n) is 3.05. The van der Waals surface area contributed by atoms with E-state index in [2.05, 4.69) is 14.9 Å². The van der Waals surface area contributed by atoms with E-state index in [1.807, 2.05) is 6.92 Å². The summed E-state index contributed by atoms with van der Waals surface area (Å²) < 4.78 is 32.1. The number of piperidine rings is 1. The zero-order valence-electron chi connectivity index (χ0n) is 13.5. The lowest BCUT2D eigenvalue weighted by Crippen LogP contribution is -2.39. The summed E-state index contributed by atoms with van der Waals surface area (Å²) in [5, 5.41) is 8.60. The van der Waals surface area contributed by atoms with Gasteiger partial charge in [-0.1, -0.05) is 0 Å². The maximum absolute atomic E-state index is 13.0. The van der Waals surface area contributed by atoms with Gasteiger partial charge in [-0.25, -0.2) is 13.2 Å². The first-order valence-electron chi connectivity index (χ1n) is 7.61. The number of carbonyl (C=O) groups excluding carboxylic acids is 1. The molecule has 0 bridgehead atoms. The Balaban J connectivity index is 1.89. The molecule has 0 saturated carbocycles. The maximum atomic E-state index is 13.0. The number of H-pyrrole nitrogens is 1. The molecule has 1 N–H and O–H groups in total. The van der Waals surface area contributed by atoms with Crippen molar-refractivity contribution in [2.24, 2.45) is 0 Å². The Morgan fingerprint density at radius 3 is 2.96 bits per heavy atom. The van der Waals surface area contributed by atoms with Crippen LogP contribution in [0.4, 0.5) is 0 Å². The maximum Gasteiger partial charge on any atom is 0.349 e. The van der Waals surface area contributed by atoms with E-state index in [4.69, 9.17) is 0 Å². The van der Waals surface area contributed by atoms with Gasteiger partial charge in [0.1, 0.15) is 9.77 Å². The van der Waals surface area contributed by atoms with E-state index in [0.29, 0.717) is 13.1 Å². The zero-order valence-corrected chi connectivity index (χ0v) is 15.1. The van der Waals surface area contributed by atoms with E-state index in [1.54, 1.807) is 11.6 Å². The van der Waals surface area contributed by atoms with Crippen molar-refractivity contribution < 1.29 is 17.9 Å². The molecule has 0 radical (unpaired) electrons. The van der Waals surface area contributed by atoms with Crippen molar-refractivity contribution >= 4 is 27.3 Å². The number of aromatic amines is 1. The van der Waals surface area contributed by atoms with Gasteiger partial charge in [0.25, 0.3) is 0 Å². The SMILES string of the molecule is COC(=O)c1sccc1S(=O)(=O)N1CCC[C@H](c2[nH]ncc2C)C1. The average Bonchev–Trinajstić information content (AvgIpc) is 3.23. The third kappa shape index (κ3) is 2.99. The van der Waals surface area contributed by atoms with Crippen LogP contribution in [0.25, 0.3) is 0 Å². The minimum Gasteiger partial charge on any atom is -0.465 e. The van der Waals surface area contributed by atoms with Crippen molar-refractivity contribution in [3.63, 3.8) is 0 Å². The van der Waals surface area contributed by atoms with Crippen LogP contribution in [0.15, 0.2) is 22.5 Å². The van der Waals surface area contributed by atoms with Crippen molar-refractivity contribution in [3.8, 4) is 0 Å². The van der Waals surface area contributed by atoms with E-state index < -0.39 is 16.0 Å². The summed E-state index contributed by atoms with van der Waals surface area (Å²) in [6.45, 7) is 2.78. The Hall–Kier alpha value is -1.71. The van der Waals surface area contributed by atoms with Gasteiger partial charge in [0.15, 0.2) is 0 Å². The predicted molar refractivity (Wildman–Crippen MR) is 89.7 cm³/mol. The number of aromatic nitrogens is 2. The number of hydrogen-bond acceptors (Lipinski definition) is 6. The molecule has 0 aromatic carbocycles. The average molecular weight is 369 g/mol. The lowest BCUT2D eigenvalue weighted by atomic mass is 9.94. The first kappa shape index (κ1) is 17.1. The summed E-state index contributed by atoms with van der Waals surface area (Å²) in [5.41, 5.74) is 2.01. The molecule has 1 atom stereocenters. The first-order valence-corrected chi connectivity index (χ1v) is 9.93. The van der Waals surface area contributed by atoms with Gasteiger partial charge in [0.2, 0.25) is 10.0 Å². The molecule has 3 rings (SSSR count). The number of rotatable bonds is 4. The molecule has 1 fully saturated rings. The van der Waals surface area contributed by atoms with Crippen molar-refractivity contribution in [2.75, 3.05) is 20.2 Å². The monoisotopic (exact) mass is 369 g/mol. The molecule has 0 spiro atoms.